The van der Waals surface area contributed by atoms with Crippen LogP contribution in [0, 0.1) is 5.82 Å². The van der Waals surface area contributed by atoms with Crippen molar-refractivity contribution in [2.45, 2.75) is 32.3 Å². The molecule has 4 N–H and O–H groups in total. The highest BCUT2D eigenvalue weighted by Crippen LogP contribution is 2.38. The van der Waals surface area contributed by atoms with Gasteiger partial charge in [0, 0.05) is 25.8 Å². The maximum Gasteiger partial charge on any atom is 0.320 e. The standard InChI is InChI=1S/C26H31FN6O3/c1-35-12-13-36-25-30-23(28)22-24(31-25)33(26(34)29-22)16-18-6-9-20(21(27)14-18)19-7-4-17(5-8-19)15-32-10-2-3-11-32/h4-9,14,26,29,34H,2-3,10-13,15-16H2,1H3,(H2,28,30,31). The molecule has 5 rings (SSSR count). The number of benzene rings is 2. The van der Waals surface area contributed by atoms with E-state index in [2.05, 4.69) is 32.3 Å². The molecule has 3 heterocycles. The molecule has 2 aliphatic rings. The highest BCUT2D eigenvalue weighted by molar-refractivity contribution is 5.81. The number of methoxy groups -OCH3 is 1. The van der Waals surface area contributed by atoms with Crippen LogP contribution in [0.4, 0.5) is 21.7 Å². The van der Waals surface area contributed by atoms with E-state index < -0.39 is 6.35 Å². The Balaban J connectivity index is 1.30. The first kappa shape index (κ1) is 24.2. The predicted octanol–water partition coefficient (Wildman–Crippen LogP) is 3.19. The van der Waals surface area contributed by atoms with Crippen molar-refractivity contribution in [1.82, 2.24) is 14.9 Å². The first-order chi connectivity index (χ1) is 17.5. The van der Waals surface area contributed by atoms with Gasteiger partial charge in [-0.3, -0.25) is 4.90 Å². The van der Waals surface area contributed by atoms with Crippen LogP contribution in [-0.4, -0.2) is 59.7 Å². The molecule has 2 aliphatic heterocycles. The number of likely N-dealkylation sites (tertiary alicyclic amines) is 1. The second kappa shape index (κ2) is 10.7. The number of nitrogen functional groups attached to an aromatic ring is 1. The molecule has 0 amide bonds. The number of hydrogen-bond acceptors (Lipinski definition) is 9. The van der Waals surface area contributed by atoms with Crippen LogP contribution in [0.2, 0.25) is 0 Å². The minimum absolute atomic E-state index is 0.0823. The van der Waals surface area contributed by atoms with Gasteiger partial charge >= 0.3 is 6.01 Å². The monoisotopic (exact) mass is 494 g/mol. The molecule has 190 valence electrons. The summed E-state index contributed by atoms with van der Waals surface area (Å²) in [5.74, 6) is 0.219. The molecule has 0 saturated carbocycles. The van der Waals surface area contributed by atoms with Crippen LogP contribution < -0.4 is 20.7 Å². The lowest BCUT2D eigenvalue weighted by atomic mass is 10.0. The number of hydrogen-bond donors (Lipinski definition) is 3. The van der Waals surface area contributed by atoms with Crippen LogP contribution in [0.5, 0.6) is 6.01 Å². The number of nitrogens with two attached hydrogens (primary N) is 1. The van der Waals surface area contributed by atoms with Gasteiger partial charge in [0.15, 0.2) is 11.6 Å². The fourth-order valence-electron chi connectivity index (χ4n) is 4.63. The minimum atomic E-state index is -1.09. The van der Waals surface area contributed by atoms with Crippen molar-refractivity contribution < 1.29 is 19.0 Å². The predicted molar refractivity (Wildman–Crippen MR) is 136 cm³/mol. The topological polar surface area (TPSA) is 109 Å². The van der Waals surface area contributed by atoms with Crippen LogP contribution in [0.3, 0.4) is 0 Å². The zero-order valence-electron chi connectivity index (χ0n) is 20.3. The number of aromatic nitrogens is 2. The van der Waals surface area contributed by atoms with E-state index >= 15 is 4.39 Å². The average Bonchev–Trinajstić information content (AvgIpc) is 3.49. The molecule has 0 bridgehead atoms. The fourth-order valence-corrected chi connectivity index (χ4v) is 4.63. The highest BCUT2D eigenvalue weighted by atomic mass is 19.1. The molecule has 3 aromatic rings. The maximum atomic E-state index is 15.1. The van der Waals surface area contributed by atoms with E-state index in [4.69, 9.17) is 15.2 Å². The summed E-state index contributed by atoms with van der Waals surface area (Å²) in [6.45, 7) is 4.06. The lowest BCUT2D eigenvalue weighted by molar-refractivity contribution is 0.141. The molecule has 36 heavy (non-hydrogen) atoms. The number of anilines is 3. The summed E-state index contributed by atoms with van der Waals surface area (Å²) in [5, 5.41) is 13.4. The van der Waals surface area contributed by atoms with Crippen LogP contribution in [0.25, 0.3) is 11.1 Å². The molecule has 0 radical (unpaired) electrons. The molecule has 1 fully saturated rings. The van der Waals surface area contributed by atoms with Crippen molar-refractivity contribution in [3.63, 3.8) is 0 Å². The smallest absolute Gasteiger partial charge is 0.320 e. The summed E-state index contributed by atoms with van der Waals surface area (Å²) in [7, 11) is 1.57. The van der Waals surface area contributed by atoms with Gasteiger partial charge in [0.1, 0.15) is 18.1 Å². The third-order valence-corrected chi connectivity index (χ3v) is 6.51. The largest absolute Gasteiger partial charge is 0.461 e. The third-order valence-electron chi connectivity index (χ3n) is 6.51. The molecule has 2 aromatic carbocycles. The summed E-state index contributed by atoms with van der Waals surface area (Å²) in [4.78, 5) is 12.5. The summed E-state index contributed by atoms with van der Waals surface area (Å²) < 4.78 is 25.6. The third kappa shape index (κ3) is 5.20. The number of aliphatic hydroxyl groups excluding tert-OH is 1. The number of halogens is 1. The fraction of sp³-hybridized carbons (Fsp3) is 0.385. The van der Waals surface area contributed by atoms with Gasteiger partial charge in [0.2, 0.25) is 6.35 Å². The van der Waals surface area contributed by atoms with Crippen LogP contribution in [-0.2, 0) is 17.8 Å². The molecule has 0 aliphatic carbocycles. The summed E-state index contributed by atoms with van der Waals surface area (Å²) in [6, 6.07) is 13.3. The van der Waals surface area contributed by atoms with Crippen molar-refractivity contribution >= 4 is 17.3 Å². The zero-order chi connectivity index (χ0) is 25.1. The summed E-state index contributed by atoms with van der Waals surface area (Å²) in [5.41, 5.74) is 9.72. The first-order valence-electron chi connectivity index (χ1n) is 12.1. The Morgan fingerprint density at radius 1 is 1.06 bits per heavy atom. The molecule has 0 spiro atoms. The van der Waals surface area contributed by atoms with Crippen LogP contribution >= 0.6 is 0 Å². The zero-order valence-corrected chi connectivity index (χ0v) is 20.3. The number of ether oxygens (including phenoxy) is 2. The Kier molecular flexibility index (Phi) is 7.17. The second-order valence-electron chi connectivity index (χ2n) is 9.07. The van der Waals surface area contributed by atoms with E-state index in [0.29, 0.717) is 29.2 Å². The SMILES string of the molecule is COCCOc1nc(N)c2c(n1)N(Cc1ccc(-c3ccc(CN4CCCC4)cc3)c(F)c1)C(O)N2. The first-order valence-corrected chi connectivity index (χ1v) is 12.1. The van der Waals surface area contributed by atoms with Gasteiger partial charge in [-0.05, 0) is 48.7 Å². The molecule has 10 heteroatoms. The highest BCUT2D eigenvalue weighted by Gasteiger charge is 2.32. The number of nitrogens with zero attached hydrogens (tertiary/aromatic N) is 4. The molecule has 1 atom stereocenters. The number of nitrogens with one attached hydrogen (secondary N) is 1. The molecule has 1 aromatic heterocycles. The van der Waals surface area contributed by atoms with Gasteiger partial charge in [0.05, 0.1) is 6.61 Å². The molecular weight excluding hydrogens is 463 g/mol. The Labute approximate surface area is 209 Å². The summed E-state index contributed by atoms with van der Waals surface area (Å²) in [6.07, 6.45) is 1.43. The second-order valence-corrected chi connectivity index (χ2v) is 9.07. The van der Waals surface area contributed by atoms with E-state index in [-0.39, 0.29) is 30.8 Å². The molecule has 1 saturated heterocycles. The van der Waals surface area contributed by atoms with Gasteiger partial charge < -0.3 is 30.5 Å². The number of rotatable bonds is 9. The quantitative estimate of drug-likeness (QED) is 0.387. The van der Waals surface area contributed by atoms with E-state index in [9.17, 15) is 5.11 Å². The van der Waals surface area contributed by atoms with Gasteiger partial charge in [-0.15, -0.1) is 0 Å². The maximum absolute atomic E-state index is 15.1. The Morgan fingerprint density at radius 3 is 2.53 bits per heavy atom. The average molecular weight is 495 g/mol. The molecule has 9 nitrogen and oxygen atoms in total. The van der Waals surface area contributed by atoms with E-state index in [1.807, 2.05) is 18.2 Å². The Hall–Kier alpha value is -3.47. The van der Waals surface area contributed by atoms with Crippen molar-refractivity contribution in [1.29, 1.82) is 0 Å². The van der Waals surface area contributed by atoms with Crippen LogP contribution in [0.1, 0.15) is 24.0 Å². The lowest BCUT2D eigenvalue weighted by Crippen LogP contribution is -2.35. The van der Waals surface area contributed by atoms with Crippen molar-refractivity contribution in [2.24, 2.45) is 0 Å². The van der Waals surface area contributed by atoms with Crippen molar-refractivity contribution in [2.75, 3.05) is 49.4 Å². The minimum Gasteiger partial charge on any atom is -0.461 e. The van der Waals surface area contributed by atoms with Crippen LogP contribution in [0.15, 0.2) is 42.5 Å². The normalized spacial score (nSPS) is 17.3. The summed E-state index contributed by atoms with van der Waals surface area (Å²) >= 11 is 0. The van der Waals surface area contributed by atoms with E-state index in [0.717, 1.165) is 25.2 Å². The Bertz CT molecular complexity index is 1200. The van der Waals surface area contributed by atoms with E-state index in [1.54, 1.807) is 18.1 Å². The number of fused-ring (bicyclic) bond motifs is 1. The van der Waals surface area contributed by atoms with Gasteiger partial charge in [-0.2, -0.15) is 9.97 Å². The Morgan fingerprint density at radius 2 is 1.81 bits per heavy atom. The van der Waals surface area contributed by atoms with E-state index in [1.165, 1.54) is 24.5 Å². The molecule has 1 unspecified atom stereocenters. The lowest BCUT2D eigenvalue weighted by Gasteiger charge is -2.22. The van der Waals surface area contributed by atoms with Gasteiger partial charge in [-0.25, -0.2) is 4.39 Å². The van der Waals surface area contributed by atoms with Crippen molar-refractivity contribution in [3.05, 3.63) is 59.4 Å². The van der Waals surface area contributed by atoms with Gasteiger partial charge in [0.25, 0.3) is 0 Å². The van der Waals surface area contributed by atoms with Crippen molar-refractivity contribution in [3.8, 4) is 17.1 Å². The molecular formula is C26H31FN6O3. The van der Waals surface area contributed by atoms with Gasteiger partial charge in [-0.1, -0.05) is 36.4 Å². The number of aliphatic hydroxyl groups is 1.